The number of hydrogen-bond acceptors (Lipinski definition) is 3. The minimum absolute atomic E-state index is 0.161. The van der Waals surface area contributed by atoms with E-state index in [-0.39, 0.29) is 16.6 Å². The van der Waals surface area contributed by atoms with Crippen LogP contribution in [-0.4, -0.2) is 34.0 Å². The summed E-state index contributed by atoms with van der Waals surface area (Å²) in [5.74, 6) is -0.135. The van der Waals surface area contributed by atoms with Gasteiger partial charge in [-0.1, -0.05) is 12.2 Å². The van der Waals surface area contributed by atoms with Gasteiger partial charge in [0.15, 0.2) is 4.99 Å². The van der Waals surface area contributed by atoms with Crippen LogP contribution in [0.3, 0.4) is 0 Å². The van der Waals surface area contributed by atoms with Crippen LogP contribution in [0.4, 0.5) is 5.69 Å². The summed E-state index contributed by atoms with van der Waals surface area (Å²) in [6.45, 7) is 5.31. The Morgan fingerprint density at radius 3 is 2.29 bits per heavy atom. The predicted molar refractivity (Wildman–Crippen MR) is 72.3 cm³/mol. The van der Waals surface area contributed by atoms with Gasteiger partial charge in [0.2, 0.25) is 0 Å². The van der Waals surface area contributed by atoms with E-state index >= 15 is 0 Å². The van der Waals surface area contributed by atoms with Crippen molar-refractivity contribution >= 4 is 28.8 Å². The molecule has 0 bridgehead atoms. The normalized spacial score (nSPS) is 9.76. The molecule has 0 aliphatic rings. The first-order chi connectivity index (χ1) is 8.08. The number of aromatic hydroxyl groups is 1. The van der Waals surface area contributed by atoms with E-state index in [1.807, 2.05) is 18.7 Å². The summed E-state index contributed by atoms with van der Waals surface area (Å²) in [5.41, 5.74) is 0.613. The van der Waals surface area contributed by atoms with Crippen molar-refractivity contribution in [3.8, 4) is 5.75 Å². The first kappa shape index (κ1) is 13.4. The highest BCUT2D eigenvalue weighted by atomic mass is 32.1. The molecule has 0 radical (unpaired) electrons. The van der Waals surface area contributed by atoms with Gasteiger partial charge < -0.3 is 15.3 Å². The fourth-order valence-electron chi connectivity index (χ4n) is 1.38. The molecule has 0 spiro atoms. The molecule has 1 aromatic carbocycles. The molecule has 1 amide bonds. The van der Waals surface area contributed by atoms with Gasteiger partial charge in [-0.25, -0.2) is 0 Å². The lowest BCUT2D eigenvalue weighted by atomic mass is 10.3. The molecule has 0 saturated heterocycles. The Kier molecular flexibility index (Phi) is 4.90. The number of benzene rings is 1. The Morgan fingerprint density at radius 2 is 1.82 bits per heavy atom. The highest BCUT2D eigenvalue weighted by Crippen LogP contribution is 2.13. The smallest absolute Gasteiger partial charge is 0.283 e. The molecule has 0 aliphatic heterocycles. The Balaban J connectivity index is 2.66. The Bertz CT molecular complexity index is 399. The standard InChI is InChI=1S/C12H16N2O2S/c1-3-14(4-2)12(17)11(16)13-9-5-7-10(15)8-6-9/h5-8,15H,3-4H2,1-2H3,(H,13,16). The molecule has 4 nitrogen and oxygen atoms in total. The maximum absolute atomic E-state index is 11.8. The molecule has 0 saturated carbocycles. The lowest BCUT2D eigenvalue weighted by Gasteiger charge is -2.20. The van der Waals surface area contributed by atoms with Crippen molar-refractivity contribution in [2.45, 2.75) is 13.8 Å². The van der Waals surface area contributed by atoms with Crippen LogP contribution in [0.5, 0.6) is 5.75 Å². The van der Waals surface area contributed by atoms with Gasteiger partial charge in [0.05, 0.1) is 0 Å². The Labute approximate surface area is 106 Å². The number of rotatable bonds is 3. The second-order valence-corrected chi connectivity index (χ2v) is 3.87. The largest absolute Gasteiger partial charge is 0.508 e. The van der Waals surface area contributed by atoms with Crippen LogP contribution in [0.25, 0.3) is 0 Å². The molecule has 0 aromatic heterocycles. The van der Waals surface area contributed by atoms with E-state index in [2.05, 4.69) is 5.32 Å². The van der Waals surface area contributed by atoms with Crippen LogP contribution >= 0.6 is 12.2 Å². The maximum atomic E-state index is 11.8. The number of nitrogens with zero attached hydrogens (tertiary/aromatic N) is 1. The predicted octanol–water partition coefficient (Wildman–Crippen LogP) is 2.00. The average molecular weight is 252 g/mol. The van der Waals surface area contributed by atoms with E-state index in [1.54, 1.807) is 12.1 Å². The molecule has 0 unspecified atom stereocenters. The van der Waals surface area contributed by atoms with Crippen LogP contribution < -0.4 is 5.32 Å². The molecular weight excluding hydrogens is 236 g/mol. The Hall–Kier alpha value is -1.62. The van der Waals surface area contributed by atoms with Crippen molar-refractivity contribution in [1.82, 2.24) is 4.90 Å². The third-order valence-corrected chi connectivity index (χ3v) is 2.81. The van der Waals surface area contributed by atoms with Gasteiger partial charge in [-0.05, 0) is 38.1 Å². The van der Waals surface area contributed by atoms with Crippen LogP contribution in [0.15, 0.2) is 24.3 Å². The molecule has 92 valence electrons. The summed E-state index contributed by atoms with van der Waals surface area (Å²) >= 11 is 5.09. The quantitative estimate of drug-likeness (QED) is 0.638. The number of nitrogens with one attached hydrogen (secondary N) is 1. The number of carbonyl (C=O) groups is 1. The SMILES string of the molecule is CCN(CC)C(=S)C(=O)Nc1ccc(O)cc1. The Morgan fingerprint density at radius 1 is 1.29 bits per heavy atom. The fourth-order valence-corrected chi connectivity index (χ4v) is 1.69. The second kappa shape index (κ2) is 6.20. The van der Waals surface area contributed by atoms with Crippen LogP contribution in [0, 0.1) is 0 Å². The molecule has 0 atom stereocenters. The van der Waals surface area contributed by atoms with Crippen molar-refractivity contribution in [2.75, 3.05) is 18.4 Å². The molecule has 0 heterocycles. The van der Waals surface area contributed by atoms with E-state index in [1.165, 1.54) is 12.1 Å². The van der Waals surface area contributed by atoms with Gasteiger partial charge >= 0.3 is 0 Å². The van der Waals surface area contributed by atoms with Gasteiger partial charge in [0.1, 0.15) is 5.75 Å². The lowest BCUT2D eigenvalue weighted by Crippen LogP contribution is -2.38. The first-order valence-corrected chi connectivity index (χ1v) is 5.88. The minimum atomic E-state index is -0.297. The van der Waals surface area contributed by atoms with E-state index in [0.717, 1.165) is 0 Å². The summed E-state index contributed by atoms with van der Waals surface area (Å²) in [4.78, 5) is 13.9. The maximum Gasteiger partial charge on any atom is 0.283 e. The number of likely N-dealkylation sites (N-methyl/N-ethyl adjacent to an activating group) is 1. The van der Waals surface area contributed by atoms with Gasteiger partial charge in [-0.3, -0.25) is 4.79 Å². The number of carbonyl (C=O) groups excluding carboxylic acids is 1. The lowest BCUT2D eigenvalue weighted by molar-refractivity contribution is -0.110. The average Bonchev–Trinajstić information content (AvgIpc) is 2.33. The zero-order valence-electron chi connectivity index (χ0n) is 9.93. The molecule has 0 aliphatic carbocycles. The number of anilines is 1. The zero-order chi connectivity index (χ0) is 12.8. The summed E-state index contributed by atoms with van der Waals surface area (Å²) in [7, 11) is 0. The monoisotopic (exact) mass is 252 g/mol. The van der Waals surface area contributed by atoms with Crippen molar-refractivity contribution < 1.29 is 9.90 Å². The molecule has 17 heavy (non-hydrogen) atoms. The molecular formula is C12H16N2O2S. The number of hydrogen-bond donors (Lipinski definition) is 2. The molecule has 5 heteroatoms. The minimum Gasteiger partial charge on any atom is -0.508 e. The number of thiocarbonyl (C=S) groups is 1. The third-order valence-electron chi connectivity index (χ3n) is 2.37. The van der Waals surface area contributed by atoms with Crippen molar-refractivity contribution in [1.29, 1.82) is 0 Å². The fraction of sp³-hybridized carbons (Fsp3) is 0.333. The summed E-state index contributed by atoms with van der Waals surface area (Å²) in [6, 6.07) is 6.27. The molecule has 0 fully saturated rings. The summed E-state index contributed by atoms with van der Waals surface area (Å²) < 4.78 is 0. The number of amides is 1. The summed E-state index contributed by atoms with van der Waals surface area (Å²) in [5, 5.41) is 11.8. The topological polar surface area (TPSA) is 52.6 Å². The van der Waals surface area contributed by atoms with Gasteiger partial charge in [-0.15, -0.1) is 0 Å². The molecule has 2 N–H and O–H groups in total. The number of phenolic OH excluding ortho intramolecular Hbond substituents is 1. The zero-order valence-corrected chi connectivity index (χ0v) is 10.8. The number of phenols is 1. The van der Waals surface area contributed by atoms with Gasteiger partial charge in [0.25, 0.3) is 5.91 Å². The van der Waals surface area contributed by atoms with Crippen molar-refractivity contribution in [2.24, 2.45) is 0 Å². The van der Waals surface area contributed by atoms with Crippen molar-refractivity contribution in [3.05, 3.63) is 24.3 Å². The molecule has 1 aromatic rings. The van der Waals surface area contributed by atoms with Crippen molar-refractivity contribution in [3.63, 3.8) is 0 Å². The van der Waals surface area contributed by atoms with Crippen LogP contribution in [-0.2, 0) is 4.79 Å². The highest BCUT2D eigenvalue weighted by molar-refractivity contribution is 7.82. The highest BCUT2D eigenvalue weighted by Gasteiger charge is 2.14. The molecule has 1 rings (SSSR count). The summed E-state index contributed by atoms with van der Waals surface area (Å²) in [6.07, 6.45) is 0. The third kappa shape index (κ3) is 3.71. The van der Waals surface area contributed by atoms with E-state index in [0.29, 0.717) is 18.8 Å². The second-order valence-electron chi connectivity index (χ2n) is 3.48. The first-order valence-electron chi connectivity index (χ1n) is 5.47. The van der Waals surface area contributed by atoms with Gasteiger partial charge in [0, 0.05) is 18.8 Å². The van der Waals surface area contributed by atoms with E-state index in [9.17, 15) is 4.79 Å². The van der Waals surface area contributed by atoms with Crippen LogP contribution in [0.1, 0.15) is 13.8 Å². The van der Waals surface area contributed by atoms with E-state index < -0.39 is 0 Å². The van der Waals surface area contributed by atoms with E-state index in [4.69, 9.17) is 17.3 Å². The van der Waals surface area contributed by atoms with Gasteiger partial charge in [-0.2, -0.15) is 0 Å². The van der Waals surface area contributed by atoms with Crippen LogP contribution in [0.2, 0.25) is 0 Å².